The van der Waals surface area contributed by atoms with Crippen molar-refractivity contribution in [2.45, 2.75) is 25.9 Å². The lowest BCUT2D eigenvalue weighted by atomic mass is 9.95. The van der Waals surface area contributed by atoms with Gasteiger partial charge in [-0.1, -0.05) is 25.1 Å². The smallest absolute Gasteiger partial charge is 0.330 e. The van der Waals surface area contributed by atoms with Gasteiger partial charge in [-0.25, -0.2) is 0 Å². The van der Waals surface area contributed by atoms with Crippen LogP contribution in [-0.2, 0) is 17.4 Å². The van der Waals surface area contributed by atoms with Crippen LogP contribution in [0.15, 0.2) is 24.3 Å². The number of carbonyl (C=O) groups is 1. The average molecular weight is 259 g/mol. The highest BCUT2D eigenvalue weighted by Gasteiger charge is 2.30. The van der Waals surface area contributed by atoms with Crippen LogP contribution in [0.2, 0.25) is 0 Å². The summed E-state index contributed by atoms with van der Waals surface area (Å²) < 4.78 is 37.5. The zero-order valence-corrected chi connectivity index (χ0v) is 10.1. The number of alkyl halides is 3. The molecule has 0 saturated heterocycles. The molecule has 2 N–H and O–H groups in total. The lowest BCUT2D eigenvalue weighted by Crippen LogP contribution is -2.24. The van der Waals surface area contributed by atoms with Gasteiger partial charge in [0.1, 0.15) is 5.78 Å². The molecule has 0 saturated carbocycles. The van der Waals surface area contributed by atoms with Crippen LogP contribution >= 0.6 is 0 Å². The first-order valence-corrected chi connectivity index (χ1v) is 5.77. The van der Waals surface area contributed by atoms with Gasteiger partial charge in [0.25, 0.3) is 0 Å². The van der Waals surface area contributed by atoms with Gasteiger partial charge in [-0.2, -0.15) is 13.2 Å². The lowest BCUT2D eigenvalue weighted by Gasteiger charge is -2.12. The number of nitrogens with two attached hydrogens (primary N) is 1. The Kier molecular flexibility index (Phi) is 4.90. The van der Waals surface area contributed by atoms with Gasteiger partial charge in [-0.05, 0) is 18.1 Å². The fourth-order valence-corrected chi connectivity index (χ4v) is 1.73. The lowest BCUT2D eigenvalue weighted by molar-refractivity contribution is -0.137. The molecular weight excluding hydrogens is 243 g/mol. The van der Waals surface area contributed by atoms with E-state index < -0.39 is 11.7 Å². The zero-order valence-electron chi connectivity index (χ0n) is 10.1. The monoisotopic (exact) mass is 259 g/mol. The van der Waals surface area contributed by atoms with Crippen molar-refractivity contribution in [2.75, 3.05) is 6.54 Å². The largest absolute Gasteiger partial charge is 0.416 e. The molecule has 0 spiro atoms. The molecule has 1 atom stereocenters. The molecule has 0 amide bonds. The van der Waals surface area contributed by atoms with Crippen LogP contribution in [0.25, 0.3) is 0 Å². The molecule has 18 heavy (non-hydrogen) atoms. The Morgan fingerprint density at radius 3 is 2.56 bits per heavy atom. The van der Waals surface area contributed by atoms with Crippen LogP contribution in [0.4, 0.5) is 13.2 Å². The molecule has 0 fully saturated rings. The summed E-state index contributed by atoms with van der Waals surface area (Å²) >= 11 is 0. The number of benzene rings is 1. The molecule has 1 unspecified atom stereocenters. The second-order valence-electron chi connectivity index (χ2n) is 4.18. The maximum Gasteiger partial charge on any atom is 0.416 e. The fourth-order valence-electron chi connectivity index (χ4n) is 1.73. The van der Waals surface area contributed by atoms with E-state index in [1.54, 1.807) is 0 Å². The first kappa shape index (κ1) is 14.7. The Labute approximate surface area is 104 Å². The second-order valence-corrected chi connectivity index (χ2v) is 4.18. The van der Waals surface area contributed by atoms with Crippen molar-refractivity contribution in [1.82, 2.24) is 0 Å². The van der Waals surface area contributed by atoms with E-state index in [2.05, 4.69) is 0 Å². The van der Waals surface area contributed by atoms with E-state index in [1.165, 1.54) is 12.1 Å². The molecule has 100 valence electrons. The predicted molar refractivity (Wildman–Crippen MR) is 63.0 cm³/mol. The van der Waals surface area contributed by atoms with Crippen LogP contribution in [-0.4, -0.2) is 12.3 Å². The average Bonchev–Trinajstić information content (AvgIpc) is 2.29. The molecule has 2 nitrogen and oxygen atoms in total. The normalized spacial score (nSPS) is 13.4. The van der Waals surface area contributed by atoms with Gasteiger partial charge < -0.3 is 5.73 Å². The van der Waals surface area contributed by atoms with Crippen molar-refractivity contribution in [2.24, 2.45) is 11.7 Å². The molecule has 0 bridgehead atoms. The third-order valence-corrected chi connectivity index (χ3v) is 2.87. The Hall–Kier alpha value is -1.36. The van der Waals surface area contributed by atoms with Gasteiger partial charge in [0.15, 0.2) is 0 Å². The zero-order chi connectivity index (χ0) is 13.8. The summed E-state index contributed by atoms with van der Waals surface area (Å²) in [5.41, 5.74) is 5.08. The van der Waals surface area contributed by atoms with E-state index >= 15 is 0 Å². The maximum atomic E-state index is 12.5. The minimum Gasteiger partial charge on any atom is -0.330 e. The summed E-state index contributed by atoms with van der Waals surface area (Å²) in [6.07, 6.45) is -3.77. The van der Waals surface area contributed by atoms with Crippen molar-refractivity contribution < 1.29 is 18.0 Å². The number of Topliss-reactive ketones (excluding diaryl/α,β-unsaturated/α-hetero) is 1. The second kappa shape index (κ2) is 6.00. The molecule has 0 aliphatic carbocycles. The summed E-state index contributed by atoms with van der Waals surface area (Å²) in [7, 11) is 0. The van der Waals surface area contributed by atoms with Crippen LogP contribution in [0.1, 0.15) is 24.5 Å². The molecule has 1 aromatic rings. The van der Waals surface area contributed by atoms with E-state index in [0.717, 1.165) is 12.1 Å². The summed E-state index contributed by atoms with van der Waals surface area (Å²) in [6.45, 7) is 2.07. The topological polar surface area (TPSA) is 43.1 Å². The first-order valence-electron chi connectivity index (χ1n) is 5.77. The van der Waals surface area contributed by atoms with Crippen LogP contribution in [0, 0.1) is 5.92 Å². The van der Waals surface area contributed by atoms with Crippen LogP contribution < -0.4 is 5.73 Å². The Morgan fingerprint density at radius 1 is 1.39 bits per heavy atom. The van der Waals surface area contributed by atoms with Gasteiger partial charge in [-0.3, -0.25) is 4.79 Å². The van der Waals surface area contributed by atoms with Gasteiger partial charge >= 0.3 is 6.18 Å². The summed E-state index contributed by atoms with van der Waals surface area (Å²) in [4.78, 5) is 11.8. The highest BCUT2D eigenvalue weighted by atomic mass is 19.4. The van der Waals surface area contributed by atoms with Crippen molar-refractivity contribution in [1.29, 1.82) is 0 Å². The molecule has 0 radical (unpaired) electrons. The number of hydrogen-bond acceptors (Lipinski definition) is 2. The SMILES string of the molecule is CCC(CN)C(=O)Cc1cccc(C(F)(F)F)c1. The first-order chi connectivity index (χ1) is 8.38. The van der Waals surface area contributed by atoms with Crippen LogP contribution in [0.3, 0.4) is 0 Å². The fraction of sp³-hybridized carbons (Fsp3) is 0.462. The van der Waals surface area contributed by atoms with Crippen molar-refractivity contribution in [3.63, 3.8) is 0 Å². The van der Waals surface area contributed by atoms with Gasteiger partial charge in [0.2, 0.25) is 0 Å². The summed E-state index contributed by atoms with van der Waals surface area (Å²) in [6, 6.07) is 4.85. The van der Waals surface area contributed by atoms with Gasteiger partial charge in [0, 0.05) is 18.9 Å². The highest BCUT2D eigenvalue weighted by Crippen LogP contribution is 2.29. The molecule has 0 aromatic heterocycles. The molecule has 0 aliphatic heterocycles. The third-order valence-electron chi connectivity index (χ3n) is 2.87. The van der Waals surface area contributed by atoms with Crippen molar-refractivity contribution in [3.05, 3.63) is 35.4 Å². The standard InChI is InChI=1S/C13H16F3NO/c1-2-10(8-17)12(18)7-9-4-3-5-11(6-9)13(14,15)16/h3-6,10H,2,7-8,17H2,1H3. The van der Waals surface area contributed by atoms with E-state index in [4.69, 9.17) is 5.73 Å². The molecule has 1 rings (SSSR count). The van der Waals surface area contributed by atoms with Crippen molar-refractivity contribution >= 4 is 5.78 Å². The van der Waals surface area contributed by atoms with Crippen molar-refractivity contribution in [3.8, 4) is 0 Å². The van der Waals surface area contributed by atoms with E-state index in [0.29, 0.717) is 12.0 Å². The number of rotatable bonds is 5. The van der Waals surface area contributed by atoms with Gasteiger partial charge in [0.05, 0.1) is 5.56 Å². The van der Waals surface area contributed by atoms with Crippen LogP contribution in [0.5, 0.6) is 0 Å². The quantitative estimate of drug-likeness (QED) is 0.883. The Morgan fingerprint density at radius 2 is 2.06 bits per heavy atom. The minimum atomic E-state index is -4.38. The number of carbonyl (C=O) groups excluding carboxylic acids is 1. The summed E-state index contributed by atoms with van der Waals surface area (Å²) in [5.74, 6) is -0.390. The maximum absolute atomic E-state index is 12.5. The number of ketones is 1. The van der Waals surface area contributed by atoms with Gasteiger partial charge in [-0.15, -0.1) is 0 Å². The van der Waals surface area contributed by atoms with E-state index in [1.807, 2.05) is 6.92 Å². The minimum absolute atomic E-state index is 0.000370. The summed E-state index contributed by atoms with van der Waals surface area (Å²) in [5, 5.41) is 0. The molecular formula is C13H16F3NO. The third kappa shape index (κ3) is 3.84. The molecule has 0 heterocycles. The Balaban J connectivity index is 2.83. The molecule has 1 aromatic carbocycles. The number of halogens is 3. The Bertz CT molecular complexity index is 411. The van der Waals surface area contributed by atoms with E-state index in [9.17, 15) is 18.0 Å². The molecule has 0 aliphatic rings. The van der Waals surface area contributed by atoms with E-state index in [-0.39, 0.29) is 24.7 Å². The number of hydrogen-bond donors (Lipinski definition) is 1. The predicted octanol–water partition coefficient (Wildman–Crippen LogP) is 2.80. The molecule has 5 heteroatoms. The highest BCUT2D eigenvalue weighted by molar-refractivity contribution is 5.83.